The molecule has 1 atom stereocenters. The van der Waals surface area contributed by atoms with Gasteiger partial charge in [0.15, 0.2) is 0 Å². The van der Waals surface area contributed by atoms with Crippen molar-refractivity contribution in [1.29, 1.82) is 5.26 Å². The quantitative estimate of drug-likeness (QED) is 0.162. The first-order chi connectivity index (χ1) is 11.0. The van der Waals surface area contributed by atoms with Gasteiger partial charge in [-0.1, -0.05) is 0 Å². The molecule has 0 aromatic rings. The van der Waals surface area contributed by atoms with Crippen LogP contribution in [0.2, 0.25) is 0 Å². The van der Waals surface area contributed by atoms with E-state index in [0.29, 0.717) is 38.1 Å². The molecule has 6 nitrogen and oxygen atoms in total. The minimum absolute atomic E-state index is 0. The molecule has 0 aromatic heterocycles. The fourth-order valence-electron chi connectivity index (χ4n) is 2.34. The normalized spacial score (nSPS) is 13.9. The minimum Gasteiger partial charge on any atom is -0.367 e. The molecule has 0 aliphatic carbocycles. The Hall–Kier alpha value is 0.369. The molecule has 151 valence electrons. The summed E-state index contributed by atoms with van der Waals surface area (Å²) in [6.07, 6.45) is 0.933. The summed E-state index contributed by atoms with van der Waals surface area (Å²) in [4.78, 5) is 4.46. The molecule has 0 bridgehead atoms. The molecule has 25 heavy (non-hydrogen) atoms. The van der Waals surface area contributed by atoms with E-state index in [1.807, 2.05) is 27.7 Å². The van der Waals surface area contributed by atoms with E-state index >= 15 is 0 Å². The number of ether oxygens (including phenoxy) is 1. The third-order valence-corrected chi connectivity index (χ3v) is 6.38. The van der Waals surface area contributed by atoms with E-state index in [1.165, 1.54) is 0 Å². The molecular weight excluding hydrogens is 519 g/mol. The summed E-state index contributed by atoms with van der Waals surface area (Å²) in [5.74, 6) is 0. The van der Waals surface area contributed by atoms with E-state index in [2.05, 4.69) is 43.3 Å². The summed E-state index contributed by atoms with van der Waals surface area (Å²) in [6, 6.07) is 2.73. The zero-order valence-corrected chi connectivity index (χ0v) is 20.1. The van der Waals surface area contributed by atoms with E-state index in [4.69, 9.17) is 19.8 Å². The molecule has 0 amide bonds. The average Bonchev–Trinajstić information content (AvgIpc) is 2.45. The topological polar surface area (TPSA) is 75.0 Å². The van der Waals surface area contributed by atoms with Gasteiger partial charge in [-0.3, -0.25) is 9.93 Å². The van der Waals surface area contributed by atoms with Crippen LogP contribution in [0, 0.1) is 11.3 Å². The van der Waals surface area contributed by atoms with Crippen molar-refractivity contribution >= 4 is 8.30 Å². The maximum absolute atomic E-state index is 8.89. The van der Waals surface area contributed by atoms with Crippen molar-refractivity contribution in [2.45, 2.75) is 91.3 Å². The fraction of sp³-hybridized carbons (Fsp3) is 0.941. The molecular formula is C17H35IrN2O4P. The van der Waals surface area contributed by atoms with Gasteiger partial charge in [-0.2, -0.15) is 5.26 Å². The van der Waals surface area contributed by atoms with Crippen LogP contribution in [-0.2, 0) is 34.3 Å². The fourth-order valence-corrected chi connectivity index (χ4v) is 4.65. The van der Waals surface area contributed by atoms with Gasteiger partial charge in [-0.25, -0.2) is 4.89 Å². The maximum atomic E-state index is 8.89. The molecule has 0 heterocycles. The third kappa shape index (κ3) is 10.3. The second-order valence-electron chi connectivity index (χ2n) is 7.48. The zero-order valence-electron chi connectivity index (χ0n) is 16.8. The second kappa shape index (κ2) is 12.7. The van der Waals surface area contributed by atoms with Crippen LogP contribution in [-0.4, -0.2) is 46.2 Å². The van der Waals surface area contributed by atoms with Gasteiger partial charge in [0.25, 0.3) is 0 Å². The molecule has 0 fully saturated rings. The first kappa shape index (κ1) is 27.6. The molecule has 0 spiro atoms. The van der Waals surface area contributed by atoms with Gasteiger partial charge in [0.05, 0.1) is 31.3 Å². The Bertz CT molecular complexity index is 393. The predicted octanol–water partition coefficient (Wildman–Crippen LogP) is 4.76. The molecule has 1 unspecified atom stereocenters. The van der Waals surface area contributed by atoms with Crippen LogP contribution in [0.5, 0.6) is 0 Å². The smallest absolute Gasteiger partial charge is 0.137 e. The molecule has 1 radical (unpaired) electrons. The Kier molecular flexibility index (Phi) is 14.0. The third-order valence-electron chi connectivity index (χ3n) is 3.56. The summed E-state index contributed by atoms with van der Waals surface area (Å²) in [7, 11) is -1.05. The molecule has 8 heteroatoms. The Morgan fingerprint density at radius 1 is 1.08 bits per heavy atom. The average molecular weight is 555 g/mol. The molecule has 1 N–H and O–H groups in total. The Balaban J connectivity index is 0. The van der Waals surface area contributed by atoms with Crippen molar-refractivity contribution in [2.24, 2.45) is 0 Å². The van der Waals surface area contributed by atoms with Crippen molar-refractivity contribution in [2.75, 3.05) is 13.2 Å². The van der Waals surface area contributed by atoms with Crippen LogP contribution < -0.4 is 0 Å². The first-order valence-electron chi connectivity index (χ1n) is 8.53. The van der Waals surface area contributed by atoms with Crippen molar-refractivity contribution in [3.63, 3.8) is 0 Å². The number of rotatable bonds is 12. The first-order valence-corrected chi connectivity index (χ1v) is 9.74. The van der Waals surface area contributed by atoms with Gasteiger partial charge < -0.3 is 9.26 Å². The number of hydrogen-bond donors (Lipinski definition) is 1. The van der Waals surface area contributed by atoms with Crippen molar-refractivity contribution < 1.29 is 39.5 Å². The molecule has 0 aromatic carbocycles. The van der Waals surface area contributed by atoms with Crippen LogP contribution in [0.4, 0.5) is 0 Å². The summed E-state index contributed by atoms with van der Waals surface area (Å²) in [5.41, 5.74) is -0.643. The van der Waals surface area contributed by atoms with Gasteiger partial charge in [0.2, 0.25) is 0 Å². The van der Waals surface area contributed by atoms with Crippen LogP contribution in [0.25, 0.3) is 0 Å². The van der Waals surface area contributed by atoms with E-state index in [9.17, 15) is 0 Å². The van der Waals surface area contributed by atoms with Crippen LogP contribution in [0.3, 0.4) is 0 Å². The Labute approximate surface area is 168 Å². The summed E-state index contributed by atoms with van der Waals surface area (Å²) < 4.78 is 14.6. The van der Waals surface area contributed by atoms with Crippen LogP contribution in [0.1, 0.15) is 68.2 Å². The van der Waals surface area contributed by atoms with Gasteiger partial charge in [-0.05, 0) is 55.4 Å². The van der Waals surface area contributed by atoms with Gasteiger partial charge in [-0.15, -0.1) is 0 Å². The van der Waals surface area contributed by atoms with Crippen LogP contribution >= 0.6 is 8.30 Å². The summed E-state index contributed by atoms with van der Waals surface area (Å²) in [5, 5.41) is 17.2. The Morgan fingerprint density at radius 2 is 1.60 bits per heavy atom. The van der Waals surface area contributed by atoms with Gasteiger partial charge in [0, 0.05) is 38.6 Å². The number of nitriles is 1. The zero-order chi connectivity index (χ0) is 19.0. The molecule has 0 aliphatic heterocycles. The van der Waals surface area contributed by atoms with Crippen molar-refractivity contribution in [3.8, 4) is 6.07 Å². The predicted molar refractivity (Wildman–Crippen MR) is 97.7 cm³/mol. The van der Waals surface area contributed by atoms with Gasteiger partial charge >= 0.3 is 0 Å². The summed E-state index contributed by atoms with van der Waals surface area (Å²) >= 11 is 0. The number of nitrogens with zero attached hydrogens (tertiary/aromatic N) is 2. The summed E-state index contributed by atoms with van der Waals surface area (Å²) in [6.45, 7) is 17.1. The molecule has 0 rings (SSSR count). The standard InChI is InChI=1S/C17H35N2O4P.Ir/c1-14(2)19(15(3)4)24(22-12-9-11-18)17(7,8)21-13-10-16(5,6)23-20;/h14-15,20H,9-10,12-13H2,1-8H3;. The molecule has 0 aliphatic rings. The SMILES string of the molecule is CC(C)N(C(C)C)P(OCCC#N)C(C)(C)OCCC(C)(C)OO.[Ir]. The minimum atomic E-state index is -1.05. The molecule has 0 saturated heterocycles. The second-order valence-corrected chi connectivity index (χ2v) is 9.82. The maximum Gasteiger partial charge on any atom is 0.137 e. The number of hydrogen-bond acceptors (Lipinski definition) is 6. The van der Waals surface area contributed by atoms with E-state index in [0.717, 1.165) is 0 Å². The van der Waals surface area contributed by atoms with E-state index < -0.39 is 19.2 Å². The Morgan fingerprint density at radius 3 is 2.00 bits per heavy atom. The van der Waals surface area contributed by atoms with Crippen LogP contribution in [0.15, 0.2) is 0 Å². The molecule has 0 saturated carbocycles. The van der Waals surface area contributed by atoms with E-state index in [1.54, 1.807) is 0 Å². The van der Waals surface area contributed by atoms with Crippen molar-refractivity contribution in [1.82, 2.24) is 4.67 Å². The van der Waals surface area contributed by atoms with Gasteiger partial charge in [0.1, 0.15) is 13.6 Å². The largest absolute Gasteiger partial charge is 0.367 e. The monoisotopic (exact) mass is 555 g/mol. The van der Waals surface area contributed by atoms with E-state index in [-0.39, 0.29) is 20.1 Å². The van der Waals surface area contributed by atoms with Crippen molar-refractivity contribution in [3.05, 3.63) is 0 Å².